The molecule has 0 aliphatic carbocycles. The lowest BCUT2D eigenvalue weighted by molar-refractivity contribution is 0.768. The molecule has 0 saturated heterocycles. The minimum Gasteiger partial charge on any atom is -0.275 e. The molecule has 0 fully saturated rings. The maximum absolute atomic E-state index is 6.10. The highest BCUT2D eigenvalue weighted by Gasteiger charge is 2.08. The predicted molar refractivity (Wildman–Crippen MR) is 83.5 cm³/mol. The number of halogens is 2. The van der Waals surface area contributed by atoms with Gasteiger partial charge in [0, 0.05) is 36.3 Å². The van der Waals surface area contributed by atoms with E-state index >= 15 is 0 Å². The second kappa shape index (κ2) is 5.84. The fourth-order valence-electron chi connectivity index (χ4n) is 2.07. The van der Waals surface area contributed by atoms with Crippen LogP contribution in [0.2, 0.25) is 10.2 Å². The van der Waals surface area contributed by atoms with E-state index in [0.29, 0.717) is 22.4 Å². The molecule has 1 aromatic carbocycles. The first-order valence-corrected chi connectivity index (χ1v) is 7.13. The Balaban J connectivity index is 1.94. The highest BCUT2D eigenvalue weighted by molar-refractivity contribution is 6.30. The average Bonchev–Trinajstić information content (AvgIpc) is 2.85. The highest BCUT2D eigenvalue weighted by Crippen LogP contribution is 2.21. The Morgan fingerprint density at radius 1 is 1.14 bits per heavy atom. The van der Waals surface area contributed by atoms with Gasteiger partial charge in [-0.2, -0.15) is 5.10 Å². The Bertz CT molecular complexity index is 783. The summed E-state index contributed by atoms with van der Waals surface area (Å²) in [5.41, 5.74) is 2.72. The third-order valence-corrected chi connectivity index (χ3v) is 3.42. The maximum atomic E-state index is 6.10. The van der Waals surface area contributed by atoms with Crippen molar-refractivity contribution >= 4 is 23.2 Å². The second-order valence-corrected chi connectivity index (χ2v) is 5.53. The van der Waals surface area contributed by atoms with E-state index in [-0.39, 0.29) is 0 Å². The van der Waals surface area contributed by atoms with E-state index in [1.807, 2.05) is 37.5 Å². The molecule has 2 aromatic heterocycles. The molecule has 0 amide bonds. The van der Waals surface area contributed by atoms with Gasteiger partial charge in [0.1, 0.15) is 11.0 Å². The number of benzene rings is 1. The zero-order chi connectivity index (χ0) is 14.8. The minimum atomic E-state index is 0.417. The summed E-state index contributed by atoms with van der Waals surface area (Å²) in [5.74, 6) is 0.656. The van der Waals surface area contributed by atoms with E-state index < -0.39 is 0 Å². The smallest absolute Gasteiger partial charge is 0.135 e. The topological polar surface area (TPSA) is 43.6 Å². The zero-order valence-electron chi connectivity index (χ0n) is 11.3. The highest BCUT2D eigenvalue weighted by atomic mass is 35.5. The molecular formula is C15H12Cl2N4. The van der Waals surface area contributed by atoms with E-state index in [2.05, 4.69) is 15.1 Å². The van der Waals surface area contributed by atoms with Crippen molar-refractivity contribution < 1.29 is 0 Å². The van der Waals surface area contributed by atoms with Crippen LogP contribution in [-0.4, -0.2) is 19.7 Å². The summed E-state index contributed by atoms with van der Waals surface area (Å²) >= 11 is 12.1. The molecule has 0 aliphatic heterocycles. The van der Waals surface area contributed by atoms with Crippen LogP contribution in [0, 0.1) is 0 Å². The van der Waals surface area contributed by atoms with Crippen LogP contribution in [0.5, 0.6) is 0 Å². The summed E-state index contributed by atoms with van der Waals surface area (Å²) in [4.78, 5) is 8.83. The summed E-state index contributed by atoms with van der Waals surface area (Å²) in [5, 5.41) is 5.26. The summed E-state index contributed by atoms with van der Waals surface area (Å²) in [6.07, 6.45) is 4.22. The standard InChI is InChI=1S/C15H12Cl2N4/c1-21-9-11(8-18-21)13-7-14(17)20-15(19-13)6-10-3-2-4-12(16)5-10/h2-5,7-9H,6H2,1H3. The third-order valence-electron chi connectivity index (χ3n) is 2.99. The largest absolute Gasteiger partial charge is 0.275 e. The van der Waals surface area contributed by atoms with Crippen molar-refractivity contribution in [3.05, 3.63) is 64.3 Å². The van der Waals surface area contributed by atoms with Gasteiger partial charge in [0.2, 0.25) is 0 Å². The molecule has 4 nitrogen and oxygen atoms in total. The molecule has 21 heavy (non-hydrogen) atoms. The predicted octanol–water partition coefficient (Wildman–Crippen LogP) is 3.77. The van der Waals surface area contributed by atoms with Crippen molar-refractivity contribution in [3.8, 4) is 11.3 Å². The van der Waals surface area contributed by atoms with Gasteiger partial charge in [0.05, 0.1) is 11.9 Å². The quantitative estimate of drug-likeness (QED) is 0.690. The van der Waals surface area contributed by atoms with Gasteiger partial charge < -0.3 is 0 Å². The van der Waals surface area contributed by atoms with Crippen molar-refractivity contribution in [1.29, 1.82) is 0 Å². The van der Waals surface area contributed by atoms with Crippen LogP contribution in [-0.2, 0) is 13.5 Å². The first kappa shape index (κ1) is 14.0. The van der Waals surface area contributed by atoms with Crippen LogP contribution in [0.1, 0.15) is 11.4 Å². The van der Waals surface area contributed by atoms with Crippen LogP contribution in [0.3, 0.4) is 0 Å². The second-order valence-electron chi connectivity index (χ2n) is 4.70. The first-order valence-electron chi connectivity index (χ1n) is 6.37. The molecule has 0 atom stereocenters. The third kappa shape index (κ3) is 3.40. The molecule has 0 aliphatic rings. The lowest BCUT2D eigenvalue weighted by Gasteiger charge is -2.04. The van der Waals surface area contributed by atoms with E-state index in [0.717, 1.165) is 16.8 Å². The van der Waals surface area contributed by atoms with Crippen LogP contribution in [0.15, 0.2) is 42.7 Å². The Hall–Kier alpha value is -1.91. The van der Waals surface area contributed by atoms with Gasteiger partial charge in [0.25, 0.3) is 0 Å². The van der Waals surface area contributed by atoms with E-state index in [1.165, 1.54) is 0 Å². The van der Waals surface area contributed by atoms with E-state index in [1.54, 1.807) is 16.9 Å². The van der Waals surface area contributed by atoms with Crippen LogP contribution in [0.4, 0.5) is 0 Å². The number of nitrogens with zero attached hydrogens (tertiary/aromatic N) is 4. The maximum Gasteiger partial charge on any atom is 0.135 e. The summed E-state index contributed by atoms with van der Waals surface area (Å²) < 4.78 is 1.72. The van der Waals surface area contributed by atoms with Gasteiger partial charge in [-0.3, -0.25) is 4.68 Å². The molecule has 0 radical (unpaired) electrons. The Morgan fingerprint density at radius 2 is 2.00 bits per heavy atom. The molecule has 3 rings (SSSR count). The summed E-state index contributed by atoms with van der Waals surface area (Å²) in [6, 6.07) is 9.37. The average molecular weight is 319 g/mol. The zero-order valence-corrected chi connectivity index (χ0v) is 12.8. The molecule has 0 N–H and O–H groups in total. The van der Waals surface area contributed by atoms with Crippen LogP contribution >= 0.6 is 23.2 Å². The van der Waals surface area contributed by atoms with Crippen LogP contribution < -0.4 is 0 Å². The van der Waals surface area contributed by atoms with Crippen molar-refractivity contribution in [3.63, 3.8) is 0 Å². The molecular weight excluding hydrogens is 307 g/mol. The number of rotatable bonds is 3. The molecule has 0 unspecified atom stereocenters. The van der Waals surface area contributed by atoms with Gasteiger partial charge >= 0.3 is 0 Å². The van der Waals surface area contributed by atoms with Crippen LogP contribution in [0.25, 0.3) is 11.3 Å². The summed E-state index contributed by atoms with van der Waals surface area (Å²) in [7, 11) is 1.86. The number of aryl methyl sites for hydroxylation is 1. The van der Waals surface area contributed by atoms with Gasteiger partial charge in [-0.1, -0.05) is 35.3 Å². The van der Waals surface area contributed by atoms with Gasteiger partial charge in [0.15, 0.2) is 0 Å². The molecule has 0 bridgehead atoms. The SMILES string of the molecule is Cn1cc(-c2cc(Cl)nc(Cc3cccc(Cl)c3)n2)cn1. The van der Waals surface area contributed by atoms with Gasteiger partial charge in [-0.05, 0) is 17.7 Å². The normalized spacial score (nSPS) is 10.8. The van der Waals surface area contributed by atoms with E-state index in [4.69, 9.17) is 23.2 Å². The molecule has 0 spiro atoms. The molecule has 0 saturated carbocycles. The number of hydrogen-bond donors (Lipinski definition) is 0. The van der Waals surface area contributed by atoms with Crippen molar-refractivity contribution in [2.75, 3.05) is 0 Å². The Kier molecular flexibility index (Phi) is 3.90. The lowest BCUT2D eigenvalue weighted by Crippen LogP contribution is -1.98. The molecule has 3 aromatic rings. The fourth-order valence-corrected chi connectivity index (χ4v) is 2.49. The molecule has 106 valence electrons. The van der Waals surface area contributed by atoms with Crippen molar-refractivity contribution in [2.24, 2.45) is 7.05 Å². The van der Waals surface area contributed by atoms with E-state index in [9.17, 15) is 0 Å². The monoisotopic (exact) mass is 318 g/mol. The molecule has 2 heterocycles. The van der Waals surface area contributed by atoms with Crippen molar-refractivity contribution in [1.82, 2.24) is 19.7 Å². The van der Waals surface area contributed by atoms with Gasteiger partial charge in [-0.25, -0.2) is 9.97 Å². The Morgan fingerprint density at radius 3 is 2.71 bits per heavy atom. The number of aromatic nitrogens is 4. The van der Waals surface area contributed by atoms with Gasteiger partial charge in [-0.15, -0.1) is 0 Å². The fraction of sp³-hybridized carbons (Fsp3) is 0.133. The van der Waals surface area contributed by atoms with Crippen molar-refractivity contribution in [2.45, 2.75) is 6.42 Å². The lowest BCUT2D eigenvalue weighted by atomic mass is 10.1. The Labute approximate surface area is 132 Å². The summed E-state index contributed by atoms with van der Waals surface area (Å²) in [6.45, 7) is 0. The molecule has 6 heteroatoms. The number of hydrogen-bond acceptors (Lipinski definition) is 3. The minimum absolute atomic E-state index is 0.417. The first-order chi connectivity index (χ1) is 10.1.